The van der Waals surface area contributed by atoms with Crippen LogP contribution in [0.4, 0.5) is 5.82 Å². The average Bonchev–Trinajstić information content (AvgIpc) is 3.40. The van der Waals surface area contributed by atoms with Gasteiger partial charge in [-0.25, -0.2) is 13.4 Å². The van der Waals surface area contributed by atoms with Crippen molar-refractivity contribution in [3.05, 3.63) is 18.3 Å². The number of piperidine rings is 1. The first-order valence-electron chi connectivity index (χ1n) is 9.06. The number of sulfonamides is 1. The van der Waals surface area contributed by atoms with Gasteiger partial charge in [-0.3, -0.25) is 4.79 Å². The van der Waals surface area contributed by atoms with Gasteiger partial charge in [0.15, 0.2) is 0 Å². The Balaban J connectivity index is 1.41. The van der Waals surface area contributed by atoms with Gasteiger partial charge < -0.3 is 10.2 Å². The summed E-state index contributed by atoms with van der Waals surface area (Å²) in [7, 11) is -3.45. The third-order valence-electron chi connectivity index (χ3n) is 5.19. The van der Waals surface area contributed by atoms with Gasteiger partial charge in [-0.15, -0.1) is 0 Å². The molecule has 1 unspecified atom stereocenters. The van der Waals surface area contributed by atoms with Gasteiger partial charge in [0.1, 0.15) is 10.7 Å². The van der Waals surface area contributed by atoms with Crippen LogP contribution in [0.2, 0.25) is 0 Å². The number of anilines is 1. The van der Waals surface area contributed by atoms with E-state index in [1.54, 1.807) is 16.4 Å². The molecule has 0 aromatic carbocycles. The molecule has 1 aromatic heterocycles. The molecule has 7 nitrogen and oxygen atoms in total. The quantitative estimate of drug-likeness (QED) is 0.855. The van der Waals surface area contributed by atoms with E-state index in [2.05, 4.69) is 10.3 Å². The Hall–Kier alpha value is -1.67. The van der Waals surface area contributed by atoms with Crippen LogP contribution in [0.5, 0.6) is 0 Å². The molecule has 136 valence electrons. The first-order valence-corrected chi connectivity index (χ1v) is 10.5. The molecule has 1 amide bonds. The highest BCUT2D eigenvalue weighted by Gasteiger charge is 2.39. The number of hydrogen-bond donors (Lipinski definition) is 1. The highest BCUT2D eigenvalue weighted by atomic mass is 32.2. The fourth-order valence-electron chi connectivity index (χ4n) is 3.65. The number of carbonyl (C=O) groups is 1. The molecule has 0 bridgehead atoms. The van der Waals surface area contributed by atoms with E-state index < -0.39 is 10.0 Å². The van der Waals surface area contributed by atoms with Crippen LogP contribution >= 0.6 is 0 Å². The second-order valence-corrected chi connectivity index (χ2v) is 9.10. The van der Waals surface area contributed by atoms with Crippen molar-refractivity contribution in [1.29, 1.82) is 0 Å². The Labute approximate surface area is 148 Å². The van der Waals surface area contributed by atoms with E-state index in [1.165, 1.54) is 6.20 Å². The Morgan fingerprint density at radius 2 is 1.88 bits per heavy atom. The molecule has 3 fully saturated rings. The van der Waals surface area contributed by atoms with Crippen LogP contribution < -0.4 is 5.32 Å². The van der Waals surface area contributed by atoms with E-state index >= 15 is 0 Å². The molecule has 2 aliphatic heterocycles. The minimum Gasteiger partial charge on any atom is -0.365 e. The lowest BCUT2D eigenvalue weighted by Gasteiger charge is -2.25. The molecule has 0 radical (unpaired) electrons. The minimum absolute atomic E-state index is 0.0464. The Kier molecular flexibility index (Phi) is 4.41. The summed E-state index contributed by atoms with van der Waals surface area (Å²) in [5.41, 5.74) is 0. The van der Waals surface area contributed by atoms with Gasteiger partial charge in [0.05, 0.1) is 6.04 Å². The third-order valence-corrected chi connectivity index (χ3v) is 7.07. The predicted molar refractivity (Wildman–Crippen MR) is 93.6 cm³/mol. The van der Waals surface area contributed by atoms with Crippen molar-refractivity contribution < 1.29 is 13.2 Å². The zero-order chi connectivity index (χ0) is 17.4. The molecule has 0 spiro atoms. The van der Waals surface area contributed by atoms with Crippen molar-refractivity contribution in [3.63, 3.8) is 0 Å². The fraction of sp³-hybridized carbons (Fsp3) is 0.647. The summed E-state index contributed by atoms with van der Waals surface area (Å²) in [4.78, 5) is 18.5. The van der Waals surface area contributed by atoms with Crippen LogP contribution in [0.1, 0.15) is 38.5 Å². The first kappa shape index (κ1) is 16.8. The topological polar surface area (TPSA) is 82.6 Å². The van der Waals surface area contributed by atoms with E-state index in [4.69, 9.17) is 0 Å². The number of carbonyl (C=O) groups excluding carboxylic acids is 1. The van der Waals surface area contributed by atoms with Crippen molar-refractivity contribution in [2.24, 2.45) is 0 Å². The van der Waals surface area contributed by atoms with Crippen molar-refractivity contribution in [1.82, 2.24) is 14.2 Å². The van der Waals surface area contributed by atoms with Gasteiger partial charge in [0.2, 0.25) is 15.9 Å². The molecule has 1 saturated carbocycles. The van der Waals surface area contributed by atoms with Crippen molar-refractivity contribution in [2.45, 2.75) is 55.5 Å². The lowest BCUT2D eigenvalue weighted by molar-refractivity contribution is -0.128. The maximum atomic E-state index is 12.6. The number of aromatic nitrogens is 1. The van der Waals surface area contributed by atoms with Gasteiger partial charge in [0, 0.05) is 38.3 Å². The second kappa shape index (κ2) is 6.57. The third kappa shape index (κ3) is 3.50. The zero-order valence-corrected chi connectivity index (χ0v) is 15.0. The summed E-state index contributed by atoms with van der Waals surface area (Å²) < 4.78 is 26.8. The highest BCUT2D eigenvalue weighted by Crippen LogP contribution is 2.31. The Bertz CT molecular complexity index is 740. The fourth-order valence-corrected chi connectivity index (χ4v) is 5.11. The molecule has 8 heteroatoms. The van der Waals surface area contributed by atoms with Crippen molar-refractivity contribution in [3.8, 4) is 0 Å². The number of amides is 1. The van der Waals surface area contributed by atoms with Gasteiger partial charge in [-0.2, -0.15) is 4.31 Å². The molecule has 1 aliphatic carbocycles. The maximum Gasteiger partial charge on any atom is 0.244 e. The molecule has 3 aliphatic rings. The molecular weight excluding hydrogens is 340 g/mol. The van der Waals surface area contributed by atoms with Crippen LogP contribution in [-0.4, -0.2) is 60.2 Å². The molecule has 25 heavy (non-hydrogen) atoms. The summed E-state index contributed by atoms with van der Waals surface area (Å²) in [5.74, 6) is 0.817. The van der Waals surface area contributed by atoms with E-state index in [0.29, 0.717) is 37.9 Å². The standard InChI is InChI=1S/C17H24N4O3S/c22-17-10-13(12-21(17)14-4-5-14)19-16-7-6-15(11-18-16)25(23,24)20-8-2-1-3-9-20/h6-7,11,13-14H,1-5,8-10,12H2,(H,18,19). The van der Waals surface area contributed by atoms with Crippen molar-refractivity contribution in [2.75, 3.05) is 25.0 Å². The minimum atomic E-state index is -3.45. The predicted octanol–water partition coefficient (Wildman–Crippen LogP) is 1.43. The average molecular weight is 364 g/mol. The zero-order valence-electron chi connectivity index (χ0n) is 14.2. The smallest absolute Gasteiger partial charge is 0.244 e. The van der Waals surface area contributed by atoms with E-state index in [0.717, 1.165) is 32.1 Å². The molecule has 1 atom stereocenters. The number of rotatable bonds is 5. The van der Waals surface area contributed by atoms with Crippen LogP contribution in [0.15, 0.2) is 23.2 Å². The summed E-state index contributed by atoms with van der Waals surface area (Å²) in [5, 5.41) is 3.26. The second-order valence-electron chi connectivity index (χ2n) is 7.17. The Morgan fingerprint density at radius 3 is 2.52 bits per heavy atom. The number of likely N-dealkylation sites (tertiary alicyclic amines) is 1. The van der Waals surface area contributed by atoms with Gasteiger partial charge in [-0.1, -0.05) is 6.42 Å². The van der Waals surface area contributed by atoms with Crippen LogP contribution in [0.25, 0.3) is 0 Å². The largest absolute Gasteiger partial charge is 0.365 e. The molecule has 2 saturated heterocycles. The normalized spacial score (nSPS) is 25.4. The van der Waals surface area contributed by atoms with E-state index in [9.17, 15) is 13.2 Å². The lowest BCUT2D eigenvalue weighted by Crippen LogP contribution is -2.35. The molecule has 1 N–H and O–H groups in total. The van der Waals surface area contributed by atoms with Crippen molar-refractivity contribution >= 4 is 21.7 Å². The maximum absolute atomic E-state index is 12.6. The van der Waals surface area contributed by atoms with E-state index in [1.807, 2.05) is 4.90 Å². The summed E-state index contributed by atoms with van der Waals surface area (Å²) in [6.45, 7) is 1.88. The van der Waals surface area contributed by atoms with Crippen LogP contribution in [-0.2, 0) is 14.8 Å². The lowest BCUT2D eigenvalue weighted by atomic mass is 10.2. The Morgan fingerprint density at radius 1 is 1.12 bits per heavy atom. The first-order chi connectivity index (χ1) is 12.0. The number of nitrogens with zero attached hydrogens (tertiary/aromatic N) is 3. The molecule has 1 aromatic rings. The summed E-state index contributed by atoms with van der Waals surface area (Å²) >= 11 is 0. The molecule has 4 rings (SSSR count). The van der Waals surface area contributed by atoms with E-state index in [-0.39, 0.29) is 16.8 Å². The number of nitrogens with one attached hydrogen (secondary N) is 1. The van der Waals surface area contributed by atoms with Crippen LogP contribution in [0, 0.1) is 0 Å². The summed E-state index contributed by atoms with van der Waals surface area (Å²) in [6.07, 6.45) is 7.04. The molecule has 3 heterocycles. The molecular formula is C17H24N4O3S. The highest BCUT2D eigenvalue weighted by molar-refractivity contribution is 7.89. The number of pyridine rings is 1. The number of hydrogen-bond acceptors (Lipinski definition) is 5. The summed E-state index contributed by atoms with van der Waals surface area (Å²) in [6, 6.07) is 3.78. The van der Waals surface area contributed by atoms with Gasteiger partial charge in [0.25, 0.3) is 0 Å². The van der Waals surface area contributed by atoms with Crippen LogP contribution in [0.3, 0.4) is 0 Å². The van der Waals surface area contributed by atoms with Gasteiger partial charge >= 0.3 is 0 Å². The van der Waals surface area contributed by atoms with Gasteiger partial charge in [-0.05, 0) is 37.8 Å². The SMILES string of the molecule is O=C1CC(Nc2ccc(S(=O)(=O)N3CCCCC3)cn2)CN1C1CC1. The monoisotopic (exact) mass is 364 g/mol.